The normalized spacial score (nSPS) is 10.7. The monoisotopic (exact) mass is 274 g/mol. The van der Waals surface area contributed by atoms with Crippen LogP contribution >= 0.6 is 23.1 Å². The van der Waals surface area contributed by atoms with Gasteiger partial charge in [-0.25, -0.2) is 15.8 Å². The molecule has 0 spiro atoms. The number of benzene rings is 1. The summed E-state index contributed by atoms with van der Waals surface area (Å²) < 4.78 is 2.22. The second-order valence-corrected chi connectivity index (χ2v) is 5.92. The lowest BCUT2D eigenvalue weighted by molar-refractivity contribution is 1.19. The summed E-state index contributed by atoms with van der Waals surface area (Å²) in [5, 5.41) is 0. The van der Waals surface area contributed by atoms with Gasteiger partial charge in [0.25, 0.3) is 0 Å². The summed E-state index contributed by atoms with van der Waals surface area (Å²) in [6, 6.07) is 12.0. The van der Waals surface area contributed by atoms with Crippen molar-refractivity contribution >= 4 is 39.1 Å². The van der Waals surface area contributed by atoms with Crippen LogP contribution in [0, 0.1) is 0 Å². The predicted octanol–water partition coefficient (Wildman–Crippen LogP) is 3.13. The van der Waals surface area contributed by atoms with E-state index in [9.17, 15) is 0 Å². The van der Waals surface area contributed by atoms with E-state index >= 15 is 0 Å². The van der Waals surface area contributed by atoms with Crippen molar-refractivity contribution in [2.45, 2.75) is 9.24 Å². The van der Waals surface area contributed by atoms with Gasteiger partial charge < -0.3 is 5.43 Å². The zero-order valence-corrected chi connectivity index (χ0v) is 11.0. The summed E-state index contributed by atoms with van der Waals surface area (Å²) in [6.07, 6.45) is 1.73. The average molecular weight is 274 g/mol. The summed E-state index contributed by atoms with van der Waals surface area (Å²) in [4.78, 5) is 9.72. The van der Waals surface area contributed by atoms with E-state index in [1.165, 1.54) is 4.70 Å². The molecule has 0 unspecified atom stereocenters. The summed E-state index contributed by atoms with van der Waals surface area (Å²) in [6.45, 7) is 0. The molecule has 0 aliphatic heterocycles. The second kappa shape index (κ2) is 4.93. The highest BCUT2D eigenvalue weighted by Gasteiger charge is 2.05. The highest BCUT2D eigenvalue weighted by molar-refractivity contribution is 8.01. The lowest BCUT2D eigenvalue weighted by Crippen LogP contribution is -2.07. The molecule has 0 bridgehead atoms. The Bertz CT molecular complexity index is 647. The Morgan fingerprint density at radius 2 is 2.11 bits per heavy atom. The molecular weight excluding hydrogens is 264 g/mol. The standard InChI is InChI=1S/C12H10N4S2/c13-16-11-7-8(5-6-14-11)17-12-15-9-3-1-2-4-10(9)18-12/h1-7H,13H2,(H,14,16). The van der Waals surface area contributed by atoms with Gasteiger partial charge in [0.1, 0.15) is 5.82 Å². The van der Waals surface area contributed by atoms with Crippen LogP contribution in [0.2, 0.25) is 0 Å². The number of rotatable bonds is 3. The van der Waals surface area contributed by atoms with Gasteiger partial charge in [0, 0.05) is 11.1 Å². The van der Waals surface area contributed by atoms with Gasteiger partial charge in [-0.2, -0.15) is 0 Å². The van der Waals surface area contributed by atoms with Crippen LogP contribution in [-0.4, -0.2) is 9.97 Å². The molecule has 0 aliphatic carbocycles. The van der Waals surface area contributed by atoms with Crippen LogP contribution in [0.25, 0.3) is 10.2 Å². The average Bonchev–Trinajstić information content (AvgIpc) is 2.81. The maximum Gasteiger partial charge on any atom is 0.155 e. The SMILES string of the molecule is NNc1cc(Sc2nc3ccccc3s2)ccn1. The molecular formula is C12H10N4S2. The van der Waals surface area contributed by atoms with Crippen LogP contribution in [0.4, 0.5) is 5.82 Å². The van der Waals surface area contributed by atoms with Crippen LogP contribution in [-0.2, 0) is 0 Å². The molecule has 90 valence electrons. The Hall–Kier alpha value is -1.63. The molecule has 3 aromatic rings. The maximum absolute atomic E-state index is 5.34. The van der Waals surface area contributed by atoms with Gasteiger partial charge in [0.2, 0.25) is 0 Å². The van der Waals surface area contributed by atoms with Crippen molar-refractivity contribution in [3.05, 3.63) is 42.6 Å². The van der Waals surface area contributed by atoms with Crippen LogP contribution in [0.3, 0.4) is 0 Å². The lowest BCUT2D eigenvalue weighted by Gasteiger charge is -2.00. The minimum Gasteiger partial charge on any atom is -0.308 e. The van der Waals surface area contributed by atoms with Gasteiger partial charge in [-0.15, -0.1) is 11.3 Å². The molecule has 3 rings (SSSR count). The Kier molecular flexibility index (Phi) is 3.14. The fraction of sp³-hybridized carbons (Fsp3) is 0. The first kappa shape index (κ1) is 11.5. The number of nitrogens with one attached hydrogen (secondary N) is 1. The van der Waals surface area contributed by atoms with E-state index in [2.05, 4.69) is 21.5 Å². The molecule has 0 amide bonds. The fourth-order valence-corrected chi connectivity index (χ4v) is 3.62. The number of anilines is 1. The van der Waals surface area contributed by atoms with Crippen LogP contribution in [0.5, 0.6) is 0 Å². The van der Waals surface area contributed by atoms with Gasteiger partial charge >= 0.3 is 0 Å². The third-order valence-electron chi connectivity index (χ3n) is 2.36. The predicted molar refractivity (Wildman–Crippen MR) is 75.8 cm³/mol. The van der Waals surface area contributed by atoms with Crippen molar-refractivity contribution in [2.24, 2.45) is 5.84 Å². The van der Waals surface area contributed by atoms with Gasteiger partial charge in [-0.05, 0) is 24.3 Å². The van der Waals surface area contributed by atoms with Crippen LogP contribution in [0.1, 0.15) is 0 Å². The number of nitrogens with zero attached hydrogens (tertiary/aromatic N) is 2. The number of hydrogen-bond donors (Lipinski definition) is 2. The molecule has 4 nitrogen and oxygen atoms in total. The number of thiazole rings is 1. The van der Waals surface area contributed by atoms with E-state index in [-0.39, 0.29) is 0 Å². The molecule has 2 heterocycles. The van der Waals surface area contributed by atoms with Crippen molar-refractivity contribution < 1.29 is 0 Å². The first-order chi connectivity index (χ1) is 8.85. The number of hydrogen-bond acceptors (Lipinski definition) is 6. The minimum absolute atomic E-state index is 0.654. The molecule has 1 aromatic carbocycles. The van der Waals surface area contributed by atoms with E-state index in [0.29, 0.717) is 5.82 Å². The van der Waals surface area contributed by atoms with Gasteiger partial charge in [0.05, 0.1) is 10.2 Å². The lowest BCUT2D eigenvalue weighted by atomic mass is 10.3. The number of para-hydroxylation sites is 1. The smallest absolute Gasteiger partial charge is 0.155 e. The Morgan fingerprint density at radius 1 is 1.22 bits per heavy atom. The van der Waals surface area contributed by atoms with Crippen molar-refractivity contribution in [1.29, 1.82) is 0 Å². The van der Waals surface area contributed by atoms with Crippen molar-refractivity contribution in [3.8, 4) is 0 Å². The summed E-state index contributed by atoms with van der Waals surface area (Å²) in [5.41, 5.74) is 3.58. The molecule has 0 saturated heterocycles. The number of aromatic nitrogens is 2. The minimum atomic E-state index is 0.654. The molecule has 0 radical (unpaired) electrons. The van der Waals surface area contributed by atoms with E-state index in [1.54, 1.807) is 29.3 Å². The second-order valence-electron chi connectivity index (χ2n) is 3.57. The summed E-state index contributed by atoms with van der Waals surface area (Å²) in [7, 11) is 0. The zero-order valence-electron chi connectivity index (χ0n) is 9.33. The van der Waals surface area contributed by atoms with Gasteiger partial charge in [-0.1, -0.05) is 23.9 Å². The van der Waals surface area contributed by atoms with Crippen LogP contribution < -0.4 is 11.3 Å². The Morgan fingerprint density at radius 3 is 2.94 bits per heavy atom. The third-order valence-corrected chi connectivity index (χ3v) is 4.45. The highest BCUT2D eigenvalue weighted by atomic mass is 32.2. The first-order valence-corrected chi connectivity index (χ1v) is 6.94. The van der Waals surface area contributed by atoms with E-state index in [4.69, 9.17) is 5.84 Å². The van der Waals surface area contributed by atoms with Gasteiger partial charge in [-0.3, -0.25) is 0 Å². The topological polar surface area (TPSA) is 63.8 Å². The Labute approximate surface area is 112 Å². The zero-order chi connectivity index (χ0) is 12.4. The quantitative estimate of drug-likeness (QED) is 0.567. The number of hydrazine groups is 1. The summed E-state index contributed by atoms with van der Waals surface area (Å²) in [5.74, 6) is 5.99. The summed E-state index contributed by atoms with van der Waals surface area (Å²) >= 11 is 3.30. The number of nitrogen functional groups attached to an aromatic ring is 1. The number of fused-ring (bicyclic) bond motifs is 1. The van der Waals surface area contributed by atoms with E-state index < -0.39 is 0 Å². The molecule has 18 heavy (non-hydrogen) atoms. The van der Waals surface area contributed by atoms with E-state index in [1.807, 2.05) is 30.3 Å². The van der Waals surface area contributed by atoms with Crippen molar-refractivity contribution in [3.63, 3.8) is 0 Å². The van der Waals surface area contributed by atoms with E-state index in [0.717, 1.165) is 14.8 Å². The van der Waals surface area contributed by atoms with Crippen molar-refractivity contribution in [2.75, 3.05) is 5.43 Å². The third kappa shape index (κ3) is 2.31. The molecule has 0 aliphatic rings. The fourth-order valence-electron chi connectivity index (χ4n) is 1.55. The largest absolute Gasteiger partial charge is 0.308 e. The molecule has 0 atom stereocenters. The first-order valence-electron chi connectivity index (χ1n) is 5.31. The molecule has 0 fully saturated rings. The number of nitrogens with two attached hydrogens (primary N) is 1. The number of pyridine rings is 1. The molecule has 6 heteroatoms. The van der Waals surface area contributed by atoms with Crippen LogP contribution in [0.15, 0.2) is 51.8 Å². The van der Waals surface area contributed by atoms with Gasteiger partial charge in [0.15, 0.2) is 4.34 Å². The van der Waals surface area contributed by atoms with Crippen molar-refractivity contribution in [1.82, 2.24) is 9.97 Å². The highest BCUT2D eigenvalue weighted by Crippen LogP contribution is 2.34. The maximum atomic E-state index is 5.34. The molecule has 2 aromatic heterocycles. The molecule has 3 N–H and O–H groups in total. The Balaban J connectivity index is 1.91. The molecule has 0 saturated carbocycles.